The molecule has 11 nitrogen and oxygen atoms in total. The van der Waals surface area contributed by atoms with Gasteiger partial charge in [0.25, 0.3) is 0 Å². The van der Waals surface area contributed by atoms with Gasteiger partial charge in [-0.1, -0.05) is 20.4 Å². The molecule has 2 aliphatic heterocycles. The molecule has 2 aliphatic carbocycles. The maximum Gasteiger partial charge on any atom is 0.334 e. The number of rotatable bonds is 5. The Morgan fingerprint density at radius 3 is 2.54 bits per heavy atom. The van der Waals surface area contributed by atoms with E-state index in [-0.39, 0.29) is 23.5 Å². The SMILES string of the molecule is C=C1OC(c2ccoc2)CC2(C)C1CC(O)C1(C)C(C(=O)OC)=CC(OC3OC(CO)C(O)C(O)C3O)CC21. The van der Waals surface area contributed by atoms with Crippen LogP contribution in [0.5, 0.6) is 0 Å². The first-order chi connectivity index (χ1) is 18.4. The van der Waals surface area contributed by atoms with Crippen LogP contribution in [0, 0.1) is 22.7 Å². The second-order valence-corrected chi connectivity index (χ2v) is 11.7. The Morgan fingerprint density at radius 1 is 1.15 bits per heavy atom. The van der Waals surface area contributed by atoms with Crippen LogP contribution in [0.25, 0.3) is 0 Å². The Labute approximate surface area is 226 Å². The van der Waals surface area contributed by atoms with E-state index < -0.39 is 66.3 Å². The summed E-state index contributed by atoms with van der Waals surface area (Å²) < 4.78 is 28.3. The molecule has 3 heterocycles. The summed E-state index contributed by atoms with van der Waals surface area (Å²) in [6, 6.07) is 1.84. The van der Waals surface area contributed by atoms with E-state index in [2.05, 4.69) is 13.5 Å². The number of hydrogen-bond acceptors (Lipinski definition) is 11. The molecule has 1 aromatic heterocycles. The van der Waals surface area contributed by atoms with E-state index in [0.29, 0.717) is 25.0 Å². The summed E-state index contributed by atoms with van der Waals surface area (Å²) in [5.74, 6) is -0.596. The van der Waals surface area contributed by atoms with Crippen LogP contribution in [0.4, 0.5) is 0 Å². The van der Waals surface area contributed by atoms with Gasteiger partial charge in [0.2, 0.25) is 0 Å². The average Bonchev–Trinajstić information content (AvgIpc) is 3.45. The first-order valence-electron chi connectivity index (χ1n) is 13.3. The molecule has 5 rings (SSSR count). The van der Waals surface area contributed by atoms with Crippen molar-refractivity contribution in [2.24, 2.45) is 22.7 Å². The normalized spacial score (nSPS) is 45.9. The molecule has 0 spiro atoms. The standard InChI is InChI=1S/C28H38O11/c1-13-16-9-21(30)28(3)17(25(34)35-4)7-15(38-26-24(33)23(32)22(31)19(11-29)39-26)8-20(28)27(16,2)10-18(37-13)14-5-6-36-12-14/h5-7,12,15-16,18-24,26,29-33H,1,8-11H2,2-4H3. The van der Waals surface area contributed by atoms with E-state index in [4.69, 9.17) is 23.4 Å². The molecule has 1 aromatic rings. The number of carbonyl (C=O) groups excluding carboxylic acids is 1. The number of aliphatic hydroxyl groups is 5. The third kappa shape index (κ3) is 4.44. The molecule has 5 N–H and O–H groups in total. The fraction of sp³-hybridized carbons (Fsp3) is 0.679. The summed E-state index contributed by atoms with van der Waals surface area (Å²) >= 11 is 0. The molecule has 11 heteroatoms. The van der Waals surface area contributed by atoms with Crippen LogP contribution in [0.3, 0.4) is 0 Å². The summed E-state index contributed by atoms with van der Waals surface area (Å²) in [5.41, 5.74) is -0.389. The highest BCUT2D eigenvalue weighted by Crippen LogP contribution is 2.66. The fourth-order valence-electron chi connectivity index (χ4n) is 7.42. The highest BCUT2D eigenvalue weighted by molar-refractivity contribution is 5.90. The number of aliphatic hydroxyl groups excluding tert-OH is 5. The van der Waals surface area contributed by atoms with Gasteiger partial charge in [-0.3, -0.25) is 0 Å². The molecule has 0 aromatic carbocycles. The molecular weight excluding hydrogens is 512 g/mol. The van der Waals surface area contributed by atoms with Gasteiger partial charge >= 0.3 is 5.97 Å². The van der Waals surface area contributed by atoms with Crippen molar-refractivity contribution < 1.29 is 53.7 Å². The van der Waals surface area contributed by atoms with Gasteiger partial charge in [-0.2, -0.15) is 0 Å². The predicted molar refractivity (Wildman–Crippen MR) is 133 cm³/mol. The molecule has 39 heavy (non-hydrogen) atoms. The van der Waals surface area contributed by atoms with Gasteiger partial charge < -0.3 is 48.9 Å². The number of carbonyl (C=O) groups is 1. The molecule has 3 fully saturated rings. The average molecular weight is 551 g/mol. The molecule has 2 saturated heterocycles. The van der Waals surface area contributed by atoms with E-state index in [9.17, 15) is 30.3 Å². The molecule has 4 aliphatic rings. The topological polar surface area (TPSA) is 168 Å². The van der Waals surface area contributed by atoms with Crippen LogP contribution in [-0.4, -0.2) is 88.1 Å². The van der Waals surface area contributed by atoms with Crippen LogP contribution < -0.4 is 0 Å². The Hall–Kier alpha value is -2.25. The Morgan fingerprint density at radius 2 is 1.90 bits per heavy atom. The summed E-state index contributed by atoms with van der Waals surface area (Å²) in [6.45, 7) is 7.57. The van der Waals surface area contributed by atoms with Crippen molar-refractivity contribution in [2.75, 3.05) is 13.7 Å². The minimum absolute atomic E-state index is 0.210. The van der Waals surface area contributed by atoms with Crippen molar-refractivity contribution in [2.45, 2.75) is 82.1 Å². The third-order valence-electron chi connectivity index (χ3n) is 9.65. The molecule has 12 atom stereocenters. The van der Waals surface area contributed by atoms with Crippen LogP contribution in [0.1, 0.15) is 44.8 Å². The van der Waals surface area contributed by atoms with Gasteiger partial charge in [0.15, 0.2) is 6.29 Å². The Kier molecular flexibility index (Phi) is 7.47. The molecule has 0 radical (unpaired) electrons. The van der Waals surface area contributed by atoms with Gasteiger partial charge in [0.1, 0.15) is 30.5 Å². The highest BCUT2D eigenvalue weighted by Gasteiger charge is 2.64. The van der Waals surface area contributed by atoms with E-state index in [1.165, 1.54) is 7.11 Å². The Balaban J connectivity index is 1.52. The van der Waals surface area contributed by atoms with E-state index in [1.54, 1.807) is 18.6 Å². The van der Waals surface area contributed by atoms with Crippen molar-refractivity contribution >= 4 is 5.97 Å². The minimum atomic E-state index is -1.60. The van der Waals surface area contributed by atoms with Crippen LogP contribution >= 0.6 is 0 Å². The van der Waals surface area contributed by atoms with E-state index >= 15 is 0 Å². The monoisotopic (exact) mass is 550 g/mol. The molecule has 1 saturated carbocycles. The summed E-state index contributed by atoms with van der Waals surface area (Å²) in [4.78, 5) is 13.1. The van der Waals surface area contributed by atoms with Crippen molar-refractivity contribution in [1.29, 1.82) is 0 Å². The zero-order chi connectivity index (χ0) is 28.3. The summed E-state index contributed by atoms with van der Waals surface area (Å²) in [7, 11) is 1.27. The molecular formula is C28H38O11. The van der Waals surface area contributed by atoms with E-state index in [1.807, 2.05) is 13.0 Å². The maximum absolute atomic E-state index is 13.1. The number of methoxy groups -OCH3 is 1. The lowest BCUT2D eigenvalue weighted by Crippen LogP contribution is -2.62. The summed E-state index contributed by atoms with van der Waals surface area (Å²) in [5, 5.41) is 52.1. The molecule has 216 valence electrons. The zero-order valence-electron chi connectivity index (χ0n) is 22.3. The van der Waals surface area contributed by atoms with Crippen molar-refractivity contribution in [3.05, 3.63) is 48.1 Å². The first kappa shape index (κ1) is 28.3. The lowest BCUT2D eigenvalue weighted by molar-refractivity contribution is -0.311. The first-order valence-corrected chi connectivity index (χ1v) is 13.3. The number of esters is 1. The molecule has 0 bridgehead atoms. The van der Waals surface area contributed by atoms with Crippen molar-refractivity contribution in [3.63, 3.8) is 0 Å². The largest absolute Gasteiger partial charge is 0.490 e. The highest BCUT2D eigenvalue weighted by atomic mass is 16.7. The quantitative estimate of drug-likeness (QED) is 0.331. The third-order valence-corrected chi connectivity index (χ3v) is 9.65. The lowest BCUT2D eigenvalue weighted by atomic mass is 9.44. The lowest BCUT2D eigenvalue weighted by Gasteiger charge is -2.62. The number of allylic oxidation sites excluding steroid dienone is 1. The second-order valence-electron chi connectivity index (χ2n) is 11.7. The molecule has 0 amide bonds. The number of hydrogen-bond donors (Lipinski definition) is 5. The van der Waals surface area contributed by atoms with Gasteiger partial charge in [-0.15, -0.1) is 0 Å². The fourth-order valence-corrected chi connectivity index (χ4v) is 7.42. The zero-order valence-corrected chi connectivity index (χ0v) is 22.3. The van der Waals surface area contributed by atoms with Gasteiger partial charge in [0, 0.05) is 22.5 Å². The number of furan rings is 1. The predicted octanol–water partition coefficient (Wildman–Crippen LogP) is 0.952. The smallest absolute Gasteiger partial charge is 0.334 e. The van der Waals surface area contributed by atoms with Crippen molar-refractivity contribution in [1.82, 2.24) is 0 Å². The number of ether oxygens (including phenoxy) is 4. The van der Waals surface area contributed by atoms with Crippen LogP contribution in [0.2, 0.25) is 0 Å². The minimum Gasteiger partial charge on any atom is -0.490 e. The maximum atomic E-state index is 13.1. The Bertz CT molecular complexity index is 1100. The summed E-state index contributed by atoms with van der Waals surface area (Å²) in [6.07, 6.45) is -3.27. The molecule has 12 unspecified atom stereocenters. The van der Waals surface area contributed by atoms with E-state index in [0.717, 1.165) is 5.56 Å². The van der Waals surface area contributed by atoms with Crippen LogP contribution in [-0.2, 0) is 23.7 Å². The van der Waals surface area contributed by atoms with Crippen LogP contribution in [0.15, 0.2) is 47.0 Å². The van der Waals surface area contributed by atoms with Gasteiger partial charge in [-0.05, 0) is 42.7 Å². The van der Waals surface area contributed by atoms with Crippen molar-refractivity contribution in [3.8, 4) is 0 Å². The van der Waals surface area contributed by atoms with Gasteiger partial charge in [0.05, 0.1) is 44.2 Å². The van der Waals surface area contributed by atoms with Gasteiger partial charge in [-0.25, -0.2) is 4.79 Å². The number of fused-ring (bicyclic) bond motifs is 3. The second kappa shape index (κ2) is 10.3.